The fourth-order valence-electron chi connectivity index (χ4n) is 3.04. The van der Waals surface area contributed by atoms with Crippen LogP contribution in [0, 0.1) is 11.3 Å². The number of aliphatic carboxylic acids is 1. The topological polar surface area (TPSA) is 69.6 Å². The summed E-state index contributed by atoms with van der Waals surface area (Å²) in [6, 6.07) is -0.0245. The first-order chi connectivity index (χ1) is 9.06. The van der Waals surface area contributed by atoms with Crippen LogP contribution in [0.25, 0.3) is 0 Å². The molecule has 19 heavy (non-hydrogen) atoms. The zero-order valence-corrected chi connectivity index (χ0v) is 11.7. The smallest absolute Gasteiger partial charge is 0.317 e. The summed E-state index contributed by atoms with van der Waals surface area (Å²) in [5.41, 5.74) is 0.328. The molecule has 0 aromatic carbocycles. The molecule has 5 nitrogen and oxygen atoms in total. The monoisotopic (exact) mass is 268 g/mol. The second-order valence-electron chi connectivity index (χ2n) is 5.97. The van der Waals surface area contributed by atoms with Crippen LogP contribution in [0.1, 0.15) is 45.4 Å². The molecule has 2 rings (SSSR count). The molecule has 0 aromatic rings. The molecular weight excluding hydrogens is 244 g/mol. The zero-order chi connectivity index (χ0) is 13.9. The molecule has 1 aliphatic heterocycles. The number of piperidine rings is 1. The molecule has 1 saturated carbocycles. The van der Waals surface area contributed by atoms with Crippen molar-refractivity contribution in [3.05, 3.63) is 0 Å². The number of carbonyl (C=O) groups is 2. The molecule has 0 atom stereocenters. The van der Waals surface area contributed by atoms with Gasteiger partial charge in [0.2, 0.25) is 0 Å². The van der Waals surface area contributed by atoms with Gasteiger partial charge in [0.15, 0.2) is 0 Å². The van der Waals surface area contributed by atoms with E-state index in [0.29, 0.717) is 31.3 Å². The van der Waals surface area contributed by atoms with Crippen LogP contribution in [-0.4, -0.2) is 41.6 Å². The Labute approximate surface area is 114 Å². The standard InChI is InChI=1S/C14H24N2O3/c1-2-14(6-3-7-14)10-15-13(19)16-8-4-11(5-9-16)12(17)18/h11H,2-10H2,1H3,(H,15,19)(H,17,18). The Morgan fingerprint density at radius 3 is 2.37 bits per heavy atom. The first kappa shape index (κ1) is 14.2. The first-order valence-electron chi connectivity index (χ1n) is 7.32. The summed E-state index contributed by atoms with van der Waals surface area (Å²) in [5.74, 6) is -1.02. The van der Waals surface area contributed by atoms with Crippen LogP contribution in [0.4, 0.5) is 4.79 Å². The Hall–Kier alpha value is -1.26. The maximum atomic E-state index is 12.0. The highest BCUT2D eigenvalue weighted by Crippen LogP contribution is 2.43. The van der Waals surface area contributed by atoms with Crippen molar-refractivity contribution in [2.75, 3.05) is 19.6 Å². The van der Waals surface area contributed by atoms with E-state index in [1.54, 1.807) is 4.90 Å². The molecule has 1 heterocycles. The van der Waals surface area contributed by atoms with Crippen molar-refractivity contribution in [1.82, 2.24) is 10.2 Å². The molecule has 1 saturated heterocycles. The lowest BCUT2D eigenvalue weighted by molar-refractivity contribution is -0.143. The molecule has 2 fully saturated rings. The minimum absolute atomic E-state index is 0.0245. The summed E-state index contributed by atoms with van der Waals surface area (Å²) in [6.45, 7) is 4.06. The molecule has 2 aliphatic rings. The van der Waals surface area contributed by atoms with Gasteiger partial charge >= 0.3 is 12.0 Å². The van der Waals surface area contributed by atoms with E-state index < -0.39 is 5.97 Å². The molecule has 108 valence electrons. The normalized spacial score (nSPS) is 22.7. The summed E-state index contributed by atoms with van der Waals surface area (Å²) in [6.07, 6.45) is 5.96. The number of nitrogens with one attached hydrogen (secondary N) is 1. The van der Waals surface area contributed by atoms with Crippen molar-refractivity contribution in [2.24, 2.45) is 11.3 Å². The third-order valence-electron chi connectivity index (χ3n) is 4.91. The fraction of sp³-hybridized carbons (Fsp3) is 0.857. The van der Waals surface area contributed by atoms with Crippen molar-refractivity contribution in [3.8, 4) is 0 Å². The van der Waals surface area contributed by atoms with E-state index >= 15 is 0 Å². The van der Waals surface area contributed by atoms with Gasteiger partial charge in [-0.25, -0.2) is 4.79 Å². The fourth-order valence-corrected chi connectivity index (χ4v) is 3.04. The van der Waals surface area contributed by atoms with E-state index in [4.69, 9.17) is 5.11 Å². The predicted octanol–water partition coefficient (Wildman–Crippen LogP) is 2.07. The number of amides is 2. The third kappa shape index (κ3) is 3.19. The molecular formula is C14H24N2O3. The van der Waals surface area contributed by atoms with E-state index in [1.165, 1.54) is 19.3 Å². The number of rotatable bonds is 4. The second kappa shape index (κ2) is 5.80. The Balaban J connectivity index is 1.74. The maximum Gasteiger partial charge on any atom is 0.317 e. The number of likely N-dealkylation sites (tertiary alicyclic amines) is 1. The Bertz CT molecular complexity index is 339. The molecule has 2 amide bonds. The molecule has 0 spiro atoms. The van der Waals surface area contributed by atoms with Crippen LogP contribution in [-0.2, 0) is 4.79 Å². The Morgan fingerprint density at radius 2 is 1.95 bits per heavy atom. The minimum atomic E-state index is -0.737. The Kier molecular flexibility index (Phi) is 4.32. The van der Waals surface area contributed by atoms with Crippen LogP contribution in [0.15, 0.2) is 0 Å². The summed E-state index contributed by atoms with van der Waals surface area (Å²) in [4.78, 5) is 24.7. The highest BCUT2D eigenvalue weighted by atomic mass is 16.4. The lowest BCUT2D eigenvalue weighted by Crippen LogP contribution is -2.49. The minimum Gasteiger partial charge on any atom is -0.481 e. The van der Waals surface area contributed by atoms with Crippen LogP contribution in [0.2, 0.25) is 0 Å². The first-order valence-corrected chi connectivity index (χ1v) is 7.32. The van der Waals surface area contributed by atoms with Crippen LogP contribution in [0.5, 0.6) is 0 Å². The Morgan fingerprint density at radius 1 is 1.32 bits per heavy atom. The quantitative estimate of drug-likeness (QED) is 0.820. The van der Waals surface area contributed by atoms with Crippen LogP contribution < -0.4 is 5.32 Å². The number of hydrogen-bond acceptors (Lipinski definition) is 2. The van der Waals surface area contributed by atoms with E-state index in [1.807, 2.05) is 0 Å². The molecule has 5 heteroatoms. The number of carbonyl (C=O) groups excluding carboxylic acids is 1. The molecule has 2 N–H and O–H groups in total. The predicted molar refractivity (Wildman–Crippen MR) is 71.9 cm³/mol. The van der Waals surface area contributed by atoms with Gasteiger partial charge in [0, 0.05) is 19.6 Å². The SMILES string of the molecule is CCC1(CNC(=O)N2CCC(C(=O)O)CC2)CCC1. The lowest BCUT2D eigenvalue weighted by Gasteiger charge is -2.42. The van der Waals surface area contributed by atoms with Crippen molar-refractivity contribution in [2.45, 2.75) is 45.4 Å². The summed E-state index contributed by atoms with van der Waals surface area (Å²) >= 11 is 0. The number of carboxylic acids is 1. The third-order valence-corrected chi connectivity index (χ3v) is 4.91. The summed E-state index contributed by atoms with van der Waals surface area (Å²) in [5, 5.41) is 12.0. The molecule has 0 radical (unpaired) electrons. The van der Waals surface area contributed by atoms with Gasteiger partial charge in [0.25, 0.3) is 0 Å². The van der Waals surface area contributed by atoms with E-state index in [9.17, 15) is 9.59 Å². The average Bonchev–Trinajstić information content (AvgIpc) is 2.38. The van der Waals surface area contributed by atoms with Crippen molar-refractivity contribution in [3.63, 3.8) is 0 Å². The average molecular weight is 268 g/mol. The molecule has 0 bridgehead atoms. The molecule has 0 aromatic heterocycles. The van der Waals surface area contributed by atoms with Gasteiger partial charge in [-0.1, -0.05) is 13.3 Å². The van der Waals surface area contributed by atoms with Crippen LogP contribution >= 0.6 is 0 Å². The highest BCUT2D eigenvalue weighted by molar-refractivity contribution is 5.75. The lowest BCUT2D eigenvalue weighted by atomic mass is 9.67. The van der Waals surface area contributed by atoms with Crippen molar-refractivity contribution < 1.29 is 14.7 Å². The van der Waals surface area contributed by atoms with Gasteiger partial charge < -0.3 is 15.3 Å². The van der Waals surface area contributed by atoms with Gasteiger partial charge in [0.05, 0.1) is 5.92 Å². The van der Waals surface area contributed by atoms with Gasteiger partial charge in [-0.15, -0.1) is 0 Å². The number of nitrogens with zero attached hydrogens (tertiary/aromatic N) is 1. The highest BCUT2D eigenvalue weighted by Gasteiger charge is 2.36. The van der Waals surface area contributed by atoms with E-state index in [0.717, 1.165) is 13.0 Å². The summed E-state index contributed by atoms with van der Waals surface area (Å²) in [7, 11) is 0. The van der Waals surface area contributed by atoms with Gasteiger partial charge in [-0.2, -0.15) is 0 Å². The van der Waals surface area contributed by atoms with Crippen molar-refractivity contribution >= 4 is 12.0 Å². The number of hydrogen-bond donors (Lipinski definition) is 2. The van der Waals surface area contributed by atoms with Gasteiger partial charge in [0.1, 0.15) is 0 Å². The van der Waals surface area contributed by atoms with Gasteiger partial charge in [-0.3, -0.25) is 4.79 Å². The van der Waals surface area contributed by atoms with Crippen molar-refractivity contribution in [1.29, 1.82) is 0 Å². The molecule has 0 unspecified atom stereocenters. The summed E-state index contributed by atoms with van der Waals surface area (Å²) < 4.78 is 0. The number of carboxylic acid groups (broad SMARTS) is 1. The maximum absolute atomic E-state index is 12.0. The van der Waals surface area contributed by atoms with Crippen LogP contribution in [0.3, 0.4) is 0 Å². The second-order valence-corrected chi connectivity index (χ2v) is 5.97. The zero-order valence-electron chi connectivity index (χ0n) is 11.7. The van der Waals surface area contributed by atoms with Gasteiger partial charge in [-0.05, 0) is 37.5 Å². The molecule has 1 aliphatic carbocycles. The number of urea groups is 1. The van der Waals surface area contributed by atoms with E-state index in [2.05, 4.69) is 12.2 Å². The largest absolute Gasteiger partial charge is 0.481 e. The van der Waals surface area contributed by atoms with E-state index in [-0.39, 0.29) is 11.9 Å².